The summed E-state index contributed by atoms with van der Waals surface area (Å²) < 4.78 is 0. The summed E-state index contributed by atoms with van der Waals surface area (Å²) in [6, 6.07) is 0. The van der Waals surface area contributed by atoms with E-state index in [-0.39, 0.29) is 5.54 Å². The fourth-order valence-corrected chi connectivity index (χ4v) is 2.58. The Bertz CT molecular complexity index is 217. The fourth-order valence-electron chi connectivity index (χ4n) is 2.58. The van der Waals surface area contributed by atoms with E-state index in [4.69, 9.17) is 0 Å². The quantitative estimate of drug-likeness (QED) is 0.649. The van der Waals surface area contributed by atoms with E-state index in [2.05, 4.69) is 42.9 Å². The minimum atomic E-state index is 0.270. The van der Waals surface area contributed by atoms with Gasteiger partial charge in [0, 0.05) is 18.6 Å². The van der Waals surface area contributed by atoms with Crippen LogP contribution in [-0.4, -0.2) is 61.7 Å². The third-order valence-corrected chi connectivity index (χ3v) is 3.87. The molecule has 1 N–H and O–H groups in total. The molecular formula is C16H35N3. The molecule has 0 spiro atoms. The third-order valence-electron chi connectivity index (χ3n) is 3.87. The molecule has 1 saturated heterocycles. The summed E-state index contributed by atoms with van der Waals surface area (Å²) in [6.07, 6.45) is 6.80. The highest BCUT2D eigenvalue weighted by molar-refractivity contribution is 4.70. The van der Waals surface area contributed by atoms with Gasteiger partial charge in [-0.15, -0.1) is 0 Å². The smallest absolute Gasteiger partial charge is 0.0109 e. The number of nitrogens with zero attached hydrogens (tertiary/aromatic N) is 2. The van der Waals surface area contributed by atoms with Gasteiger partial charge in [-0.1, -0.05) is 6.42 Å². The first-order valence-corrected chi connectivity index (χ1v) is 8.13. The van der Waals surface area contributed by atoms with Crippen molar-refractivity contribution in [2.24, 2.45) is 0 Å². The molecule has 1 aliphatic heterocycles. The zero-order valence-corrected chi connectivity index (χ0v) is 13.7. The Hall–Kier alpha value is -0.120. The average molecular weight is 269 g/mol. The number of likely N-dealkylation sites (tertiary alicyclic amines) is 1. The lowest BCUT2D eigenvalue weighted by atomic mass is 10.1. The Morgan fingerprint density at radius 3 is 2.32 bits per heavy atom. The van der Waals surface area contributed by atoms with Crippen molar-refractivity contribution in [2.45, 2.75) is 58.4 Å². The molecule has 0 aromatic rings. The van der Waals surface area contributed by atoms with Gasteiger partial charge in [-0.05, 0) is 79.7 Å². The maximum atomic E-state index is 3.55. The summed E-state index contributed by atoms with van der Waals surface area (Å²) >= 11 is 0. The molecule has 114 valence electrons. The molecule has 0 amide bonds. The average Bonchev–Trinajstić information content (AvgIpc) is 2.82. The van der Waals surface area contributed by atoms with Crippen LogP contribution < -0.4 is 5.32 Å². The highest BCUT2D eigenvalue weighted by Crippen LogP contribution is 2.07. The van der Waals surface area contributed by atoms with Crippen LogP contribution >= 0.6 is 0 Å². The summed E-state index contributed by atoms with van der Waals surface area (Å²) in [6.45, 7) is 14.3. The topological polar surface area (TPSA) is 18.5 Å². The Morgan fingerprint density at radius 1 is 1.00 bits per heavy atom. The SMILES string of the molecule is CN(CCCCCNC(C)(C)C)CCN1CCCC1. The van der Waals surface area contributed by atoms with Crippen LogP contribution in [0.4, 0.5) is 0 Å². The lowest BCUT2D eigenvalue weighted by Crippen LogP contribution is -2.36. The highest BCUT2D eigenvalue weighted by Gasteiger charge is 2.11. The lowest BCUT2D eigenvalue weighted by Gasteiger charge is -2.22. The highest BCUT2D eigenvalue weighted by atomic mass is 15.2. The Kier molecular flexibility index (Phi) is 7.96. The molecule has 0 unspecified atom stereocenters. The molecule has 1 heterocycles. The molecule has 1 rings (SSSR count). The first-order valence-electron chi connectivity index (χ1n) is 8.13. The van der Waals surface area contributed by atoms with Gasteiger partial charge in [0.05, 0.1) is 0 Å². The van der Waals surface area contributed by atoms with Crippen LogP contribution in [0.1, 0.15) is 52.9 Å². The second kappa shape index (κ2) is 8.93. The second-order valence-electron chi connectivity index (χ2n) is 7.09. The zero-order valence-electron chi connectivity index (χ0n) is 13.7. The van der Waals surface area contributed by atoms with E-state index in [1.165, 1.54) is 64.8 Å². The van der Waals surface area contributed by atoms with E-state index in [1.807, 2.05) is 0 Å². The second-order valence-corrected chi connectivity index (χ2v) is 7.09. The first kappa shape index (κ1) is 16.9. The van der Waals surface area contributed by atoms with Gasteiger partial charge in [0.1, 0.15) is 0 Å². The van der Waals surface area contributed by atoms with Gasteiger partial charge in [-0.3, -0.25) is 0 Å². The number of hydrogen-bond donors (Lipinski definition) is 1. The van der Waals surface area contributed by atoms with Crippen LogP contribution in [0.5, 0.6) is 0 Å². The Balaban J connectivity index is 1.88. The van der Waals surface area contributed by atoms with Gasteiger partial charge in [-0.2, -0.15) is 0 Å². The van der Waals surface area contributed by atoms with Crippen molar-refractivity contribution in [3.8, 4) is 0 Å². The molecule has 0 bridgehead atoms. The molecule has 3 heteroatoms. The van der Waals surface area contributed by atoms with Gasteiger partial charge in [-0.25, -0.2) is 0 Å². The van der Waals surface area contributed by atoms with Crippen LogP contribution in [0.25, 0.3) is 0 Å². The molecule has 0 saturated carbocycles. The van der Waals surface area contributed by atoms with Crippen LogP contribution in [-0.2, 0) is 0 Å². The molecule has 3 nitrogen and oxygen atoms in total. The maximum absolute atomic E-state index is 3.55. The molecule has 0 atom stereocenters. The molecule has 19 heavy (non-hydrogen) atoms. The number of hydrogen-bond acceptors (Lipinski definition) is 3. The van der Waals surface area contributed by atoms with Crippen molar-refractivity contribution in [1.82, 2.24) is 15.1 Å². The van der Waals surface area contributed by atoms with E-state index in [0.29, 0.717) is 0 Å². The minimum Gasteiger partial charge on any atom is -0.312 e. The van der Waals surface area contributed by atoms with Crippen LogP contribution in [0.3, 0.4) is 0 Å². The molecule has 1 aliphatic rings. The van der Waals surface area contributed by atoms with Gasteiger partial charge in [0.25, 0.3) is 0 Å². The summed E-state index contributed by atoms with van der Waals surface area (Å²) in [7, 11) is 2.27. The van der Waals surface area contributed by atoms with Crippen molar-refractivity contribution >= 4 is 0 Å². The first-order chi connectivity index (χ1) is 8.97. The van der Waals surface area contributed by atoms with Gasteiger partial charge in [0.2, 0.25) is 0 Å². The molecule has 0 radical (unpaired) electrons. The van der Waals surface area contributed by atoms with Crippen molar-refractivity contribution < 1.29 is 0 Å². The fraction of sp³-hybridized carbons (Fsp3) is 1.00. The van der Waals surface area contributed by atoms with Crippen molar-refractivity contribution in [1.29, 1.82) is 0 Å². The predicted molar refractivity (Wildman–Crippen MR) is 84.8 cm³/mol. The maximum Gasteiger partial charge on any atom is 0.0109 e. The van der Waals surface area contributed by atoms with E-state index in [1.54, 1.807) is 0 Å². The molecule has 0 aromatic carbocycles. The van der Waals surface area contributed by atoms with E-state index >= 15 is 0 Å². The van der Waals surface area contributed by atoms with Crippen LogP contribution in [0.2, 0.25) is 0 Å². The molecule has 0 aromatic heterocycles. The number of likely N-dealkylation sites (N-methyl/N-ethyl adjacent to an activating group) is 1. The monoisotopic (exact) mass is 269 g/mol. The predicted octanol–water partition coefficient (Wildman–Crippen LogP) is 2.57. The van der Waals surface area contributed by atoms with Gasteiger partial charge < -0.3 is 15.1 Å². The van der Waals surface area contributed by atoms with E-state index in [0.717, 1.165) is 6.54 Å². The normalized spacial score (nSPS) is 17.5. The van der Waals surface area contributed by atoms with E-state index in [9.17, 15) is 0 Å². The van der Waals surface area contributed by atoms with Crippen LogP contribution in [0.15, 0.2) is 0 Å². The Morgan fingerprint density at radius 2 is 1.68 bits per heavy atom. The summed E-state index contributed by atoms with van der Waals surface area (Å²) in [5, 5.41) is 3.55. The standard InChI is InChI=1S/C16H35N3/c1-16(2,3)17-10-6-5-7-11-18(4)14-15-19-12-8-9-13-19/h17H,5-15H2,1-4H3. The largest absolute Gasteiger partial charge is 0.312 e. The van der Waals surface area contributed by atoms with E-state index < -0.39 is 0 Å². The number of unbranched alkanes of at least 4 members (excludes halogenated alkanes) is 2. The van der Waals surface area contributed by atoms with Crippen LogP contribution in [0, 0.1) is 0 Å². The zero-order chi connectivity index (χ0) is 14.1. The van der Waals surface area contributed by atoms with Gasteiger partial charge >= 0.3 is 0 Å². The third kappa shape index (κ3) is 9.42. The summed E-state index contributed by atoms with van der Waals surface area (Å²) in [5.41, 5.74) is 0.270. The minimum absolute atomic E-state index is 0.270. The number of rotatable bonds is 9. The van der Waals surface area contributed by atoms with Crippen molar-refractivity contribution in [3.05, 3.63) is 0 Å². The van der Waals surface area contributed by atoms with Gasteiger partial charge in [0.15, 0.2) is 0 Å². The molecule has 1 fully saturated rings. The Labute approximate surface area is 120 Å². The van der Waals surface area contributed by atoms with Crippen molar-refractivity contribution in [3.63, 3.8) is 0 Å². The summed E-state index contributed by atoms with van der Waals surface area (Å²) in [5.74, 6) is 0. The van der Waals surface area contributed by atoms with Crippen molar-refractivity contribution in [2.75, 3.05) is 46.3 Å². The molecular weight excluding hydrogens is 234 g/mol. The summed E-state index contributed by atoms with van der Waals surface area (Å²) in [4.78, 5) is 5.10. The number of nitrogens with one attached hydrogen (secondary N) is 1. The molecule has 0 aliphatic carbocycles. The lowest BCUT2D eigenvalue weighted by molar-refractivity contribution is 0.253.